The van der Waals surface area contributed by atoms with Crippen molar-refractivity contribution in [3.05, 3.63) is 71.6 Å². The van der Waals surface area contributed by atoms with Crippen molar-refractivity contribution >= 4 is 12.0 Å². The molecule has 1 amide bonds. The van der Waals surface area contributed by atoms with Crippen LogP contribution in [0, 0.1) is 11.3 Å². The monoisotopic (exact) mass is 263 g/mol. The Balaban J connectivity index is 2.03. The molecule has 1 heterocycles. The van der Waals surface area contributed by atoms with Gasteiger partial charge in [-0.1, -0.05) is 36.4 Å². The van der Waals surface area contributed by atoms with E-state index in [1.807, 2.05) is 48.5 Å². The summed E-state index contributed by atoms with van der Waals surface area (Å²) >= 11 is 0. The second kappa shape index (κ2) is 6.86. The van der Waals surface area contributed by atoms with Gasteiger partial charge in [0.15, 0.2) is 0 Å². The summed E-state index contributed by atoms with van der Waals surface area (Å²) in [6.45, 7) is 0.299. The second-order valence-corrected chi connectivity index (χ2v) is 4.08. The third-order valence-electron chi connectivity index (χ3n) is 2.63. The number of benzene rings is 1. The molecule has 4 nitrogen and oxygen atoms in total. The van der Waals surface area contributed by atoms with Crippen molar-refractivity contribution in [3.8, 4) is 6.07 Å². The first-order chi connectivity index (χ1) is 9.79. The van der Waals surface area contributed by atoms with Crippen molar-refractivity contribution in [2.45, 2.75) is 6.54 Å². The van der Waals surface area contributed by atoms with Crippen LogP contribution in [0.5, 0.6) is 0 Å². The molecule has 0 unspecified atom stereocenters. The Kier molecular flexibility index (Phi) is 4.63. The van der Waals surface area contributed by atoms with Gasteiger partial charge in [-0.2, -0.15) is 5.26 Å². The molecule has 0 atom stereocenters. The van der Waals surface area contributed by atoms with Gasteiger partial charge in [-0.15, -0.1) is 0 Å². The molecular formula is C16H13N3O. The van der Waals surface area contributed by atoms with Crippen LogP contribution < -0.4 is 5.32 Å². The first kappa shape index (κ1) is 13.5. The van der Waals surface area contributed by atoms with Gasteiger partial charge in [0.1, 0.15) is 11.6 Å². The summed E-state index contributed by atoms with van der Waals surface area (Å²) < 4.78 is 0. The second-order valence-electron chi connectivity index (χ2n) is 4.08. The Morgan fingerprint density at radius 1 is 1.20 bits per heavy atom. The largest absolute Gasteiger partial charge is 0.346 e. The summed E-state index contributed by atoms with van der Waals surface area (Å²) in [5, 5.41) is 11.7. The molecule has 98 valence electrons. The van der Waals surface area contributed by atoms with Crippen molar-refractivity contribution in [3.63, 3.8) is 0 Å². The van der Waals surface area contributed by atoms with Crippen molar-refractivity contribution in [2.75, 3.05) is 0 Å². The quantitative estimate of drug-likeness (QED) is 0.680. The van der Waals surface area contributed by atoms with Crippen LogP contribution in [0.1, 0.15) is 11.3 Å². The molecule has 2 rings (SSSR count). The van der Waals surface area contributed by atoms with E-state index in [0.29, 0.717) is 6.54 Å². The number of carbonyl (C=O) groups excluding carboxylic acids is 1. The lowest BCUT2D eigenvalue weighted by Gasteiger charge is -2.03. The Morgan fingerprint density at radius 3 is 2.60 bits per heavy atom. The van der Waals surface area contributed by atoms with Crippen LogP contribution in [0.3, 0.4) is 0 Å². The number of nitrogens with one attached hydrogen (secondary N) is 1. The van der Waals surface area contributed by atoms with Gasteiger partial charge in [0.05, 0.1) is 12.2 Å². The van der Waals surface area contributed by atoms with E-state index in [4.69, 9.17) is 5.26 Å². The minimum Gasteiger partial charge on any atom is -0.346 e. The predicted octanol–water partition coefficient (Wildman–Crippen LogP) is 2.30. The third kappa shape index (κ3) is 3.79. The number of amides is 1. The van der Waals surface area contributed by atoms with Gasteiger partial charge >= 0.3 is 0 Å². The highest BCUT2D eigenvalue weighted by molar-refractivity contribution is 6.01. The summed E-state index contributed by atoms with van der Waals surface area (Å²) in [5.41, 5.74) is 1.64. The van der Waals surface area contributed by atoms with Gasteiger partial charge in [0, 0.05) is 6.20 Å². The first-order valence-electron chi connectivity index (χ1n) is 6.14. The van der Waals surface area contributed by atoms with Gasteiger partial charge < -0.3 is 5.32 Å². The van der Waals surface area contributed by atoms with Crippen molar-refractivity contribution in [1.29, 1.82) is 5.26 Å². The standard InChI is InChI=1S/C16H13N3O/c17-11-14(10-13-6-2-1-3-7-13)16(20)19-12-15-8-4-5-9-18-15/h1-10H,12H2,(H,19,20)/b14-10-. The topological polar surface area (TPSA) is 65.8 Å². The number of nitriles is 1. The maximum atomic E-state index is 11.9. The lowest BCUT2D eigenvalue weighted by molar-refractivity contribution is -0.117. The van der Waals surface area contributed by atoms with Crippen LogP contribution in [0.25, 0.3) is 6.08 Å². The molecule has 0 saturated heterocycles. The van der Waals surface area contributed by atoms with E-state index >= 15 is 0 Å². The Bertz CT molecular complexity index is 642. The molecule has 0 spiro atoms. The van der Waals surface area contributed by atoms with Crippen LogP contribution in [0.4, 0.5) is 0 Å². The number of aromatic nitrogens is 1. The molecule has 0 aliphatic heterocycles. The van der Waals surface area contributed by atoms with E-state index in [-0.39, 0.29) is 5.57 Å². The number of rotatable bonds is 4. The minimum absolute atomic E-state index is 0.0760. The van der Waals surface area contributed by atoms with Gasteiger partial charge in [-0.05, 0) is 23.8 Å². The van der Waals surface area contributed by atoms with E-state index in [2.05, 4.69) is 10.3 Å². The van der Waals surface area contributed by atoms with Crippen molar-refractivity contribution in [2.24, 2.45) is 0 Å². The molecule has 0 aliphatic rings. The number of hydrogen-bond acceptors (Lipinski definition) is 3. The van der Waals surface area contributed by atoms with Crippen LogP contribution in [-0.4, -0.2) is 10.9 Å². The highest BCUT2D eigenvalue weighted by Crippen LogP contribution is 2.06. The number of hydrogen-bond donors (Lipinski definition) is 1. The fourth-order valence-electron chi connectivity index (χ4n) is 1.63. The number of pyridine rings is 1. The van der Waals surface area contributed by atoms with Gasteiger partial charge in [-0.25, -0.2) is 0 Å². The fourth-order valence-corrected chi connectivity index (χ4v) is 1.63. The van der Waals surface area contributed by atoms with E-state index < -0.39 is 5.91 Å². The highest BCUT2D eigenvalue weighted by atomic mass is 16.1. The lowest BCUT2D eigenvalue weighted by atomic mass is 10.1. The third-order valence-corrected chi connectivity index (χ3v) is 2.63. The van der Waals surface area contributed by atoms with Gasteiger partial charge in [0.2, 0.25) is 0 Å². The van der Waals surface area contributed by atoms with Gasteiger partial charge in [-0.3, -0.25) is 9.78 Å². The molecule has 0 saturated carbocycles. The first-order valence-corrected chi connectivity index (χ1v) is 6.14. The molecule has 1 aromatic carbocycles. The van der Waals surface area contributed by atoms with Gasteiger partial charge in [0.25, 0.3) is 5.91 Å². The summed E-state index contributed by atoms with van der Waals surface area (Å²) in [7, 11) is 0. The molecule has 20 heavy (non-hydrogen) atoms. The molecule has 1 N–H and O–H groups in total. The average molecular weight is 263 g/mol. The maximum absolute atomic E-state index is 11.9. The smallest absolute Gasteiger partial charge is 0.262 e. The average Bonchev–Trinajstić information content (AvgIpc) is 2.52. The Morgan fingerprint density at radius 2 is 1.95 bits per heavy atom. The van der Waals surface area contributed by atoms with Crippen LogP contribution in [-0.2, 0) is 11.3 Å². The molecule has 0 aliphatic carbocycles. The van der Waals surface area contributed by atoms with Crippen LogP contribution in [0.2, 0.25) is 0 Å². The zero-order chi connectivity index (χ0) is 14.2. The molecule has 0 radical (unpaired) electrons. The minimum atomic E-state index is -0.401. The van der Waals surface area contributed by atoms with E-state index in [9.17, 15) is 4.79 Å². The van der Waals surface area contributed by atoms with Crippen molar-refractivity contribution in [1.82, 2.24) is 10.3 Å². The number of nitrogens with zero attached hydrogens (tertiary/aromatic N) is 2. The summed E-state index contributed by atoms with van der Waals surface area (Å²) in [4.78, 5) is 16.0. The summed E-state index contributed by atoms with van der Waals surface area (Å²) in [6.07, 6.45) is 3.22. The molecule has 1 aromatic heterocycles. The predicted molar refractivity (Wildman–Crippen MR) is 76.1 cm³/mol. The van der Waals surface area contributed by atoms with Crippen LogP contribution in [0.15, 0.2) is 60.3 Å². The maximum Gasteiger partial charge on any atom is 0.262 e. The highest BCUT2D eigenvalue weighted by Gasteiger charge is 2.08. The summed E-state index contributed by atoms with van der Waals surface area (Å²) in [6, 6.07) is 16.6. The molecule has 4 heteroatoms. The lowest BCUT2D eigenvalue weighted by Crippen LogP contribution is -2.24. The Hall–Kier alpha value is -2.93. The molecule has 2 aromatic rings. The van der Waals surface area contributed by atoms with Crippen LogP contribution >= 0.6 is 0 Å². The SMILES string of the molecule is N#C/C(=C/c1ccccc1)C(=O)NCc1ccccn1. The number of carbonyl (C=O) groups is 1. The fraction of sp³-hybridized carbons (Fsp3) is 0.0625. The molecule has 0 bridgehead atoms. The Labute approximate surface area is 117 Å². The summed E-state index contributed by atoms with van der Waals surface area (Å²) in [5.74, 6) is -0.401. The normalized spacial score (nSPS) is 10.7. The molecular weight excluding hydrogens is 250 g/mol. The van der Waals surface area contributed by atoms with E-state index in [1.54, 1.807) is 18.3 Å². The van der Waals surface area contributed by atoms with E-state index in [1.165, 1.54) is 0 Å². The molecule has 0 fully saturated rings. The zero-order valence-electron chi connectivity index (χ0n) is 10.8. The van der Waals surface area contributed by atoms with E-state index in [0.717, 1.165) is 11.3 Å². The van der Waals surface area contributed by atoms with Crippen molar-refractivity contribution < 1.29 is 4.79 Å². The zero-order valence-corrected chi connectivity index (χ0v) is 10.8.